The van der Waals surface area contributed by atoms with Crippen LogP contribution in [0.15, 0.2) is 64.0 Å². The number of carbonyl (C=O) groups is 2. The third-order valence-corrected chi connectivity index (χ3v) is 6.26. The van der Waals surface area contributed by atoms with Crippen LogP contribution in [0.25, 0.3) is 6.08 Å². The van der Waals surface area contributed by atoms with Crippen molar-refractivity contribution in [3.8, 4) is 6.07 Å². The number of anilines is 1. The van der Waals surface area contributed by atoms with E-state index in [0.29, 0.717) is 15.8 Å². The van der Waals surface area contributed by atoms with Crippen LogP contribution in [0.1, 0.15) is 18.4 Å². The molecule has 0 unspecified atom stereocenters. The summed E-state index contributed by atoms with van der Waals surface area (Å²) in [5, 5.41) is 8.91. The maximum Gasteiger partial charge on any atom is 0.266 e. The Hall–Kier alpha value is -2.47. The monoisotopic (exact) mass is 499 g/mol. The molecule has 2 aromatic rings. The summed E-state index contributed by atoms with van der Waals surface area (Å²) in [6.07, 6.45) is 2.16. The Bertz CT molecular complexity index is 1030. The highest BCUT2D eigenvalue weighted by atomic mass is 79.9. The van der Waals surface area contributed by atoms with Crippen molar-refractivity contribution >= 4 is 67.8 Å². The molecule has 152 valence electrons. The van der Waals surface area contributed by atoms with Gasteiger partial charge in [-0.05, 0) is 35.9 Å². The number of hydrogen-bond acceptors (Lipinski definition) is 5. The van der Waals surface area contributed by atoms with E-state index in [4.69, 9.17) is 17.5 Å². The molecule has 0 saturated carbocycles. The van der Waals surface area contributed by atoms with Gasteiger partial charge in [-0.25, -0.2) is 0 Å². The van der Waals surface area contributed by atoms with E-state index in [1.54, 1.807) is 11.0 Å². The zero-order valence-electron chi connectivity index (χ0n) is 16.0. The number of nitriles is 1. The maximum absolute atomic E-state index is 12.8. The van der Waals surface area contributed by atoms with Gasteiger partial charge in [0.1, 0.15) is 4.32 Å². The Balaban J connectivity index is 1.68. The van der Waals surface area contributed by atoms with E-state index in [-0.39, 0.29) is 31.2 Å². The quantitative estimate of drug-likeness (QED) is 0.396. The fraction of sp³-hybridized carbons (Fsp3) is 0.182. The molecule has 3 rings (SSSR count). The summed E-state index contributed by atoms with van der Waals surface area (Å²) in [7, 11) is 0. The third-order valence-electron chi connectivity index (χ3n) is 4.39. The van der Waals surface area contributed by atoms with Crippen LogP contribution in [-0.2, 0) is 9.59 Å². The van der Waals surface area contributed by atoms with Gasteiger partial charge in [-0.2, -0.15) is 5.26 Å². The lowest BCUT2D eigenvalue weighted by Crippen LogP contribution is -2.36. The molecular formula is C22H18BrN3O2S2. The van der Waals surface area contributed by atoms with Crippen LogP contribution in [0.3, 0.4) is 0 Å². The largest absolute Gasteiger partial charge is 0.311 e. The van der Waals surface area contributed by atoms with Crippen LogP contribution < -0.4 is 4.90 Å². The van der Waals surface area contributed by atoms with Gasteiger partial charge in [0.25, 0.3) is 5.91 Å². The van der Waals surface area contributed by atoms with Crippen molar-refractivity contribution in [1.29, 1.82) is 5.26 Å². The molecule has 1 aliphatic rings. The minimum Gasteiger partial charge on any atom is -0.311 e. The Labute approximate surface area is 193 Å². The fourth-order valence-electron chi connectivity index (χ4n) is 2.95. The molecule has 5 nitrogen and oxygen atoms in total. The maximum atomic E-state index is 12.8. The predicted octanol–water partition coefficient (Wildman–Crippen LogP) is 4.99. The van der Waals surface area contributed by atoms with E-state index in [1.165, 1.54) is 16.7 Å². The molecule has 8 heteroatoms. The summed E-state index contributed by atoms with van der Waals surface area (Å²) in [5.41, 5.74) is 1.63. The van der Waals surface area contributed by atoms with Crippen LogP contribution in [0.2, 0.25) is 0 Å². The second-order valence-corrected chi connectivity index (χ2v) is 9.02. The lowest BCUT2D eigenvalue weighted by atomic mass is 10.2. The number of amides is 2. The van der Waals surface area contributed by atoms with Crippen molar-refractivity contribution in [2.45, 2.75) is 12.8 Å². The van der Waals surface area contributed by atoms with Gasteiger partial charge in [-0.1, -0.05) is 70.2 Å². The second-order valence-electron chi connectivity index (χ2n) is 6.43. The zero-order valence-corrected chi connectivity index (χ0v) is 19.2. The zero-order chi connectivity index (χ0) is 21.5. The molecule has 0 spiro atoms. The number of hydrogen-bond donors (Lipinski definition) is 0. The minimum absolute atomic E-state index is 0.122. The highest BCUT2D eigenvalue weighted by Gasteiger charge is 2.32. The molecule has 2 amide bonds. The summed E-state index contributed by atoms with van der Waals surface area (Å²) >= 11 is 10.0. The average molecular weight is 500 g/mol. The molecule has 0 radical (unpaired) electrons. The first-order chi connectivity index (χ1) is 14.5. The normalized spacial score (nSPS) is 14.8. The second kappa shape index (κ2) is 10.5. The predicted molar refractivity (Wildman–Crippen MR) is 128 cm³/mol. The van der Waals surface area contributed by atoms with Crippen molar-refractivity contribution in [2.24, 2.45) is 0 Å². The van der Waals surface area contributed by atoms with Crippen molar-refractivity contribution in [2.75, 3.05) is 18.0 Å². The van der Waals surface area contributed by atoms with E-state index < -0.39 is 0 Å². The number of rotatable bonds is 7. The van der Waals surface area contributed by atoms with Crippen LogP contribution in [0, 0.1) is 11.3 Å². The van der Waals surface area contributed by atoms with Crippen molar-refractivity contribution in [1.82, 2.24) is 4.90 Å². The summed E-state index contributed by atoms with van der Waals surface area (Å²) in [6.45, 7) is 0.510. The number of halogens is 1. The van der Waals surface area contributed by atoms with E-state index in [9.17, 15) is 9.59 Å². The van der Waals surface area contributed by atoms with Crippen LogP contribution in [0.4, 0.5) is 5.69 Å². The lowest BCUT2D eigenvalue weighted by Gasteiger charge is -2.23. The van der Waals surface area contributed by atoms with Gasteiger partial charge in [-0.15, -0.1) is 0 Å². The van der Waals surface area contributed by atoms with Crippen LogP contribution in [-0.4, -0.2) is 34.1 Å². The Morgan fingerprint density at radius 2 is 2.00 bits per heavy atom. The van der Waals surface area contributed by atoms with Crippen LogP contribution >= 0.6 is 39.9 Å². The number of benzene rings is 2. The van der Waals surface area contributed by atoms with E-state index >= 15 is 0 Å². The van der Waals surface area contributed by atoms with Crippen molar-refractivity contribution < 1.29 is 9.59 Å². The molecule has 1 heterocycles. The van der Waals surface area contributed by atoms with Gasteiger partial charge in [-0.3, -0.25) is 14.5 Å². The molecular weight excluding hydrogens is 482 g/mol. The summed E-state index contributed by atoms with van der Waals surface area (Å²) in [6, 6.07) is 18.9. The number of thioether (sulfide) groups is 1. The topological polar surface area (TPSA) is 64.4 Å². The molecule has 0 aliphatic carbocycles. The molecule has 0 bridgehead atoms. The first-order valence-electron chi connectivity index (χ1n) is 9.23. The molecule has 0 atom stereocenters. The Morgan fingerprint density at radius 3 is 2.70 bits per heavy atom. The highest BCUT2D eigenvalue weighted by Crippen LogP contribution is 2.33. The molecule has 0 aromatic heterocycles. The van der Waals surface area contributed by atoms with Gasteiger partial charge < -0.3 is 4.90 Å². The summed E-state index contributed by atoms with van der Waals surface area (Å²) < 4.78 is 1.37. The van der Waals surface area contributed by atoms with Crippen LogP contribution in [0.5, 0.6) is 0 Å². The van der Waals surface area contributed by atoms with Gasteiger partial charge in [0.05, 0.1) is 17.4 Å². The van der Waals surface area contributed by atoms with Crippen molar-refractivity contribution in [3.05, 3.63) is 69.5 Å². The summed E-state index contributed by atoms with van der Waals surface area (Å²) in [4.78, 5) is 29.2. The molecule has 1 aliphatic heterocycles. The molecule has 2 aromatic carbocycles. The number of thiocarbonyl (C=S) groups is 1. The van der Waals surface area contributed by atoms with E-state index in [0.717, 1.165) is 15.7 Å². The SMILES string of the molecule is N#CCCN(C(=O)CCN1C(=O)C(=Cc2cccc(Br)c2)SC1=S)c1ccccc1. The van der Waals surface area contributed by atoms with Crippen molar-refractivity contribution in [3.63, 3.8) is 0 Å². The van der Waals surface area contributed by atoms with E-state index in [2.05, 4.69) is 22.0 Å². The molecule has 1 saturated heterocycles. The standard InChI is InChI=1S/C22H18BrN3O2S2/c23-17-7-4-6-16(14-17)15-19-21(28)26(22(29)30-19)13-10-20(27)25(12-5-11-24)18-8-2-1-3-9-18/h1-4,6-9,14-15H,5,10,12-13H2. The van der Waals surface area contributed by atoms with Gasteiger partial charge in [0.2, 0.25) is 5.91 Å². The third kappa shape index (κ3) is 5.57. The first-order valence-corrected chi connectivity index (χ1v) is 11.2. The fourth-order valence-corrected chi connectivity index (χ4v) is 4.68. The van der Waals surface area contributed by atoms with Gasteiger partial charge in [0, 0.05) is 29.7 Å². The average Bonchev–Trinajstić information content (AvgIpc) is 3.00. The minimum atomic E-state index is -0.193. The molecule has 30 heavy (non-hydrogen) atoms. The summed E-state index contributed by atoms with van der Waals surface area (Å²) in [5.74, 6) is -0.345. The highest BCUT2D eigenvalue weighted by molar-refractivity contribution is 9.10. The molecule has 1 fully saturated rings. The van der Waals surface area contributed by atoms with E-state index in [1.807, 2.05) is 54.6 Å². The lowest BCUT2D eigenvalue weighted by molar-refractivity contribution is -0.123. The van der Waals surface area contributed by atoms with Gasteiger partial charge in [0.15, 0.2) is 0 Å². The number of nitrogens with zero attached hydrogens (tertiary/aromatic N) is 3. The Kier molecular flexibility index (Phi) is 7.80. The number of carbonyl (C=O) groups excluding carboxylic acids is 2. The Morgan fingerprint density at radius 1 is 1.23 bits per heavy atom. The van der Waals surface area contributed by atoms with Gasteiger partial charge >= 0.3 is 0 Å². The smallest absolute Gasteiger partial charge is 0.266 e. The first kappa shape index (κ1) is 22.2. The molecule has 0 N–H and O–H groups in total. The number of para-hydroxylation sites is 1.